The number of benzene rings is 2. The van der Waals surface area contributed by atoms with E-state index in [1.807, 2.05) is 4.90 Å². The highest BCUT2D eigenvalue weighted by molar-refractivity contribution is 8.18. The summed E-state index contributed by atoms with van der Waals surface area (Å²) in [5.74, 6) is -0.377. The van der Waals surface area contributed by atoms with Gasteiger partial charge in [0.15, 0.2) is 5.17 Å². The van der Waals surface area contributed by atoms with Crippen molar-refractivity contribution in [3.8, 4) is 0 Å². The van der Waals surface area contributed by atoms with Crippen LogP contribution in [-0.2, 0) is 17.5 Å². The summed E-state index contributed by atoms with van der Waals surface area (Å²) in [6.45, 7) is 1.60. The quantitative estimate of drug-likeness (QED) is 0.295. The van der Waals surface area contributed by atoms with Crippen molar-refractivity contribution in [1.29, 1.82) is 0 Å². The van der Waals surface area contributed by atoms with Crippen molar-refractivity contribution < 1.29 is 26.7 Å². The van der Waals surface area contributed by atoms with Crippen LogP contribution in [0, 0.1) is 0 Å². The number of fused-ring (bicyclic) bond motifs is 1. The van der Waals surface area contributed by atoms with Gasteiger partial charge in [-0.2, -0.15) is 23.3 Å². The second kappa shape index (κ2) is 10.7. The van der Waals surface area contributed by atoms with E-state index < -0.39 is 18.2 Å². The Labute approximate surface area is 223 Å². The van der Waals surface area contributed by atoms with E-state index in [-0.39, 0.29) is 29.6 Å². The number of amides is 1. The maximum absolute atomic E-state index is 13.5. The number of halogens is 6. The average molecular weight is 570 g/mol. The molecule has 1 amide bonds. The highest BCUT2D eigenvalue weighted by Gasteiger charge is 2.34. The van der Waals surface area contributed by atoms with Gasteiger partial charge in [-0.15, -0.1) is 0 Å². The SMILES string of the molecule is O=C1N=C(N2CCN(CC(F)F)CC2)SC1=Cc1ccc2c(cnn2Cc2ccc(Cl)cc2C(F)(F)F)c1. The number of aliphatic imine (C=N–C) groups is 1. The molecule has 2 aliphatic rings. The summed E-state index contributed by atoms with van der Waals surface area (Å²) in [4.78, 5) is 20.7. The number of amidine groups is 1. The first-order valence-electron chi connectivity index (χ1n) is 11.7. The Hall–Kier alpha value is -2.96. The molecule has 2 aliphatic heterocycles. The molecule has 1 fully saturated rings. The molecule has 0 atom stereocenters. The molecule has 3 heterocycles. The van der Waals surface area contributed by atoms with Crippen molar-refractivity contribution in [3.63, 3.8) is 0 Å². The number of hydrogen-bond acceptors (Lipinski definition) is 5. The normalized spacial score (nSPS) is 18.3. The van der Waals surface area contributed by atoms with E-state index in [2.05, 4.69) is 10.1 Å². The summed E-state index contributed by atoms with van der Waals surface area (Å²) in [7, 11) is 0. The van der Waals surface area contributed by atoms with Crippen molar-refractivity contribution >= 4 is 51.4 Å². The first kappa shape index (κ1) is 26.6. The van der Waals surface area contributed by atoms with Crippen LogP contribution >= 0.6 is 23.4 Å². The molecule has 200 valence electrons. The fourth-order valence-corrected chi connectivity index (χ4v) is 5.57. The average Bonchev–Trinajstić information content (AvgIpc) is 3.42. The van der Waals surface area contributed by atoms with Gasteiger partial charge in [0.1, 0.15) is 0 Å². The molecule has 0 radical (unpaired) electrons. The predicted octanol–water partition coefficient (Wildman–Crippen LogP) is 5.61. The zero-order valence-electron chi connectivity index (χ0n) is 19.8. The molecular weight excluding hydrogens is 549 g/mol. The lowest BCUT2D eigenvalue weighted by Gasteiger charge is -2.35. The zero-order chi connectivity index (χ0) is 27.0. The van der Waals surface area contributed by atoms with Gasteiger partial charge in [-0.3, -0.25) is 14.4 Å². The Morgan fingerprint density at radius 1 is 1.08 bits per heavy atom. The maximum atomic E-state index is 13.5. The molecule has 13 heteroatoms. The summed E-state index contributed by atoms with van der Waals surface area (Å²) >= 11 is 7.02. The van der Waals surface area contributed by atoms with E-state index >= 15 is 0 Å². The van der Waals surface area contributed by atoms with Crippen LogP contribution in [0.3, 0.4) is 0 Å². The van der Waals surface area contributed by atoms with Crippen molar-refractivity contribution in [1.82, 2.24) is 19.6 Å². The number of aromatic nitrogens is 2. The lowest BCUT2D eigenvalue weighted by atomic mass is 10.1. The fraction of sp³-hybridized carbons (Fsp3) is 0.320. The minimum atomic E-state index is -4.55. The van der Waals surface area contributed by atoms with E-state index in [0.717, 1.165) is 6.07 Å². The molecule has 3 aromatic rings. The Morgan fingerprint density at radius 2 is 1.84 bits per heavy atom. The molecule has 0 aliphatic carbocycles. The van der Waals surface area contributed by atoms with Crippen LogP contribution in [0.2, 0.25) is 5.02 Å². The van der Waals surface area contributed by atoms with E-state index in [9.17, 15) is 26.7 Å². The molecule has 1 saturated heterocycles. The smallest absolute Gasteiger partial charge is 0.348 e. The largest absolute Gasteiger partial charge is 0.416 e. The third-order valence-electron chi connectivity index (χ3n) is 6.31. The number of carbonyl (C=O) groups excluding carboxylic acids is 1. The predicted molar refractivity (Wildman–Crippen MR) is 137 cm³/mol. The second-order valence-electron chi connectivity index (χ2n) is 8.91. The Balaban J connectivity index is 1.29. The van der Waals surface area contributed by atoms with Crippen LogP contribution in [0.4, 0.5) is 22.0 Å². The van der Waals surface area contributed by atoms with Crippen molar-refractivity contribution in [2.24, 2.45) is 4.99 Å². The molecule has 5 rings (SSSR count). The third kappa shape index (κ3) is 5.87. The molecule has 38 heavy (non-hydrogen) atoms. The van der Waals surface area contributed by atoms with E-state index in [1.165, 1.54) is 28.6 Å². The van der Waals surface area contributed by atoms with Crippen molar-refractivity contribution in [3.05, 3.63) is 69.2 Å². The summed E-state index contributed by atoms with van der Waals surface area (Å²) in [5, 5.41) is 5.52. The van der Waals surface area contributed by atoms with Crippen LogP contribution in [-0.4, -0.2) is 69.8 Å². The zero-order valence-corrected chi connectivity index (χ0v) is 21.3. The van der Waals surface area contributed by atoms with E-state index in [4.69, 9.17) is 11.6 Å². The summed E-state index contributed by atoms with van der Waals surface area (Å²) in [6, 6.07) is 8.96. The molecule has 1 aromatic heterocycles. The maximum Gasteiger partial charge on any atom is 0.416 e. The Bertz CT molecular complexity index is 1430. The first-order valence-corrected chi connectivity index (χ1v) is 12.9. The monoisotopic (exact) mass is 569 g/mol. The highest BCUT2D eigenvalue weighted by Crippen LogP contribution is 2.35. The van der Waals surface area contributed by atoms with Gasteiger partial charge in [0.25, 0.3) is 12.3 Å². The van der Waals surface area contributed by atoms with Crippen LogP contribution in [0.15, 0.2) is 52.5 Å². The van der Waals surface area contributed by atoms with Gasteiger partial charge in [-0.05, 0) is 53.2 Å². The number of alkyl halides is 5. The van der Waals surface area contributed by atoms with Gasteiger partial charge < -0.3 is 4.90 Å². The number of hydrogen-bond donors (Lipinski definition) is 0. The number of nitrogens with zero attached hydrogens (tertiary/aromatic N) is 5. The molecule has 0 spiro atoms. The standard InChI is InChI=1S/C25H21ClF5N5OS/c26-18-3-2-16(19(11-18)25(29,30)31)13-36-20-4-1-15(9-17(20)12-32-36)10-21-23(37)33-24(38-21)35-7-5-34(6-8-35)14-22(27)28/h1-4,9-12,22H,5-8,13-14H2. The van der Waals surface area contributed by atoms with Gasteiger partial charge >= 0.3 is 6.18 Å². The molecule has 0 unspecified atom stereocenters. The van der Waals surface area contributed by atoms with Crippen LogP contribution in [0.5, 0.6) is 0 Å². The minimum Gasteiger partial charge on any atom is -0.348 e. The minimum absolute atomic E-state index is 0.00421. The lowest BCUT2D eigenvalue weighted by molar-refractivity contribution is -0.138. The van der Waals surface area contributed by atoms with Gasteiger partial charge in [-0.25, -0.2) is 8.78 Å². The molecule has 2 aromatic carbocycles. The second-order valence-corrected chi connectivity index (χ2v) is 10.4. The van der Waals surface area contributed by atoms with Gasteiger partial charge in [0.2, 0.25) is 0 Å². The first-order chi connectivity index (χ1) is 18.1. The highest BCUT2D eigenvalue weighted by atomic mass is 35.5. The number of thioether (sulfide) groups is 1. The van der Waals surface area contributed by atoms with Gasteiger partial charge in [0, 0.05) is 36.6 Å². The fourth-order valence-electron chi connectivity index (χ4n) is 4.43. The molecule has 6 nitrogen and oxygen atoms in total. The number of carbonyl (C=O) groups is 1. The van der Waals surface area contributed by atoms with E-state index in [1.54, 1.807) is 35.4 Å². The molecule has 0 bridgehead atoms. The molecular formula is C25H21ClF5N5OS. The number of piperazine rings is 1. The van der Waals surface area contributed by atoms with Crippen LogP contribution < -0.4 is 0 Å². The van der Waals surface area contributed by atoms with Gasteiger partial charge in [-0.1, -0.05) is 23.7 Å². The lowest BCUT2D eigenvalue weighted by Crippen LogP contribution is -2.48. The summed E-state index contributed by atoms with van der Waals surface area (Å²) < 4.78 is 67.2. The Morgan fingerprint density at radius 3 is 2.55 bits per heavy atom. The van der Waals surface area contributed by atoms with Crippen molar-refractivity contribution in [2.45, 2.75) is 19.1 Å². The summed E-state index contributed by atoms with van der Waals surface area (Å²) in [5.41, 5.74) is 0.594. The van der Waals surface area contributed by atoms with Crippen LogP contribution in [0.1, 0.15) is 16.7 Å². The van der Waals surface area contributed by atoms with Crippen LogP contribution in [0.25, 0.3) is 17.0 Å². The summed E-state index contributed by atoms with van der Waals surface area (Å²) in [6.07, 6.45) is -3.66. The topological polar surface area (TPSA) is 53.7 Å². The molecule has 0 saturated carbocycles. The van der Waals surface area contributed by atoms with Gasteiger partial charge in [0.05, 0.1) is 35.3 Å². The molecule has 0 N–H and O–H groups in total. The van der Waals surface area contributed by atoms with E-state index in [0.29, 0.717) is 52.7 Å². The third-order valence-corrected chi connectivity index (χ3v) is 7.59. The Kier molecular flexibility index (Phi) is 7.47. The van der Waals surface area contributed by atoms with Crippen molar-refractivity contribution in [2.75, 3.05) is 32.7 Å². The number of rotatable bonds is 5.